The molecule has 3 rings (SSSR count). The molecule has 2 aromatic heterocycles. The molecule has 0 unspecified atom stereocenters. The van der Waals surface area contributed by atoms with Gasteiger partial charge in [-0.3, -0.25) is 0 Å². The van der Waals surface area contributed by atoms with Gasteiger partial charge in [-0.05, 0) is 25.0 Å². The smallest absolute Gasteiger partial charge is 0.225 e. The van der Waals surface area contributed by atoms with E-state index in [0.717, 1.165) is 43.1 Å². The molecular formula is C13H17N5. The van der Waals surface area contributed by atoms with Gasteiger partial charge in [-0.15, -0.1) is 0 Å². The van der Waals surface area contributed by atoms with Crippen molar-refractivity contribution in [3.05, 3.63) is 30.7 Å². The van der Waals surface area contributed by atoms with Crippen molar-refractivity contribution in [3.8, 4) is 11.3 Å². The second kappa shape index (κ2) is 4.78. The summed E-state index contributed by atoms with van der Waals surface area (Å²) in [5.41, 5.74) is 7.95. The van der Waals surface area contributed by atoms with Gasteiger partial charge in [-0.1, -0.05) is 0 Å². The maximum Gasteiger partial charge on any atom is 0.225 e. The average molecular weight is 243 g/mol. The number of aromatic amines is 1. The molecule has 1 fully saturated rings. The van der Waals surface area contributed by atoms with Crippen LogP contribution >= 0.6 is 0 Å². The second-order valence-corrected chi connectivity index (χ2v) is 4.68. The van der Waals surface area contributed by atoms with Crippen LogP contribution in [0, 0.1) is 0 Å². The number of rotatable bonds is 2. The predicted molar refractivity (Wildman–Crippen MR) is 71.2 cm³/mol. The molecule has 0 spiro atoms. The summed E-state index contributed by atoms with van der Waals surface area (Å²) in [4.78, 5) is 14.2. The van der Waals surface area contributed by atoms with E-state index in [9.17, 15) is 0 Å². The number of piperidine rings is 1. The van der Waals surface area contributed by atoms with Crippen LogP contribution in [0.5, 0.6) is 0 Å². The van der Waals surface area contributed by atoms with Gasteiger partial charge in [0.2, 0.25) is 5.95 Å². The van der Waals surface area contributed by atoms with Gasteiger partial charge >= 0.3 is 0 Å². The standard InChI is InChI=1S/C13H17N5/c14-11-3-6-18(7-4-11)13-16-8-10(9-17-13)12-2-1-5-15-12/h1-2,5,8-9,11,15H,3-4,6-7,14H2. The average Bonchev–Trinajstić information content (AvgIpc) is 2.94. The van der Waals surface area contributed by atoms with Crippen molar-refractivity contribution in [2.75, 3.05) is 18.0 Å². The molecule has 0 bridgehead atoms. The molecule has 0 atom stereocenters. The maximum absolute atomic E-state index is 5.89. The van der Waals surface area contributed by atoms with Crippen LogP contribution < -0.4 is 10.6 Å². The van der Waals surface area contributed by atoms with Gasteiger partial charge < -0.3 is 15.6 Å². The molecule has 1 saturated heterocycles. The van der Waals surface area contributed by atoms with Gasteiger partial charge in [0, 0.05) is 49.0 Å². The first-order chi connectivity index (χ1) is 8.83. The number of H-pyrrole nitrogens is 1. The molecule has 5 nitrogen and oxygen atoms in total. The molecule has 5 heteroatoms. The van der Waals surface area contributed by atoms with Crippen molar-refractivity contribution in [1.29, 1.82) is 0 Å². The highest BCUT2D eigenvalue weighted by atomic mass is 15.2. The number of nitrogens with two attached hydrogens (primary N) is 1. The summed E-state index contributed by atoms with van der Waals surface area (Å²) in [5, 5.41) is 0. The first-order valence-corrected chi connectivity index (χ1v) is 6.29. The van der Waals surface area contributed by atoms with Gasteiger partial charge in [0.15, 0.2) is 0 Å². The Morgan fingerprint density at radius 2 is 1.94 bits per heavy atom. The summed E-state index contributed by atoms with van der Waals surface area (Å²) in [5.74, 6) is 0.803. The van der Waals surface area contributed by atoms with E-state index in [2.05, 4.69) is 19.9 Å². The van der Waals surface area contributed by atoms with Crippen LogP contribution in [-0.4, -0.2) is 34.1 Å². The summed E-state index contributed by atoms with van der Waals surface area (Å²) < 4.78 is 0. The number of nitrogens with one attached hydrogen (secondary N) is 1. The Kier molecular flexibility index (Phi) is 2.98. The van der Waals surface area contributed by atoms with Crippen molar-refractivity contribution in [2.24, 2.45) is 5.73 Å². The Morgan fingerprint density at radius 3 is 2.56 bits per heavy atom. The molecule has 0 amide bonds. The molecule has 1 aliphatic rings. The molecular weight excluding hydrogens is 226 g/mol. The summed E-state index contributed by atoms with van der Waals surface area (Å²) in [7, 11) is 0. The van der Waals surface area contributed by atoms with Crippen LogP contribution in [0.15, 0.2) is 30.7 Å². The number of anilines is 1. The van der Waals surface area contributed by atoms with Gasteiger partial charge in [-0.2, -0.15) is 0 Å². The van der Waals surface area contributed by atoms with Crippen LogP contribution in [0.4, 0.5) is 5.95 Å². The molecule has 2 aromatic rings. The minimum Gasteiger partial charge on any atom is -0.361 e. The highest BCUT2D eigenvalue weighted by Gasteiger charge is 2.18. The first-order valence-electron chi connectivity index (χ1n) is 6.29. The Balaban J connectivity index is 1.75. The molecule has 0 aromatic carbocycles. The molecule has 3 N–H and O–H groups in total. The normalized spacial score (nSPS) is 17.1. The van der Waals surface area contributed by atoms with E-state index in [0.29, 0.717) is 6.04 Å². The fourth-order valence-corrected chi connectivity index (χ4v) is 2.23. The topological polar surface area (TPSA) is 70.8 Å². The van der Waals surface area contributed by atoms with Crippen molar-refractivity contribution >= 4 is 5.95 Å². The minimum absolute atomic E-state index is 0.333. The number of hydrogen-bond acceptors (Lipinski definition) is 4. The van der Waals surface area contributed by atoms with Crippen LogP contribution in [0.2, 0.25) is 0 Å². The van der Waals surface area contributed by atoms with Crippen LogP contribution in [-0.2, 0) is 0 Å². The summed E-state index contributed by atoms with van der Waals surface area (Å²) in [6, 6.07) is 4.31. The third-order valence-electron chi connectivity index (χ3n) is 3.37. The number of hydrogen-bond donors (Lipinski definition) is 2. The van der Waals surface area contributed by atoms with E-state index in [1.54, 1.807) is 0 Å². The molecule has 94 valence electrons. The van der Waals surface area contributed by atoms with E-state index in [1.807, 2.05) is 30.7 Å². The molecule has 1 aliphatic heterocycles. The SMILES string of the molecule is NC1CCN(c2ncc(-c3ccc[nH]3)cn2)CC1. The van der Waals surface area contributed by atoms with Crippen molar-refractivity contribution in [3.63, 3.8) is 0 Å². The van der Waals surface area contributed by atoms with E-state index in [-0.39, 0.29) is 0 Å². The minimum atomic E-state index is 0.333. The van der Waals surface area contributed by atoms with E-state index >= 15 is 0 Å². The zero-order valence-electron chi connectivity index (χ0n) is 10.2. The molecule has 0 radical (unpaired) electrons. The lowest BCUT2D eigenvalue weighted by Gasteiger charge is -2.30. The maximum atomic E-state index is 5.89. The highest BCUT2D eigenvalue weighted by molar-refractivity contribution is 5.57. The summed E-state index contributed by atoms with van der Waals surface area (Å²) in [6.07, 6.45) is 7.66. The molecule has 18 heavy (non-hydrogen) atoms. The number of aromatic nitrogens is 3. The third kappa shape index (κ3) is 2.22. The monoisotopic (exact) mass is 243 g/mol. The summed E-state index contributed by atoms with van der Waals surface area (Å²) in [6.45, 7) is 1.89. The lowest BCUT2D eigenvalue weighted by Crippen LogP contribution is -2.40. The summed E-state index contributed by atoms with van der Waals surface area (Å²) >= 11 is 0. The zero-order valence-corrected chi connectivity index (χ0v) is 10.2. The quantitative estimate of drug-likeness (QED) is 0.836. The predicted octanol–water partition coefficient (Wildman–Crippen LogP) is 1.40. The van der Waals surface area contributed by atoms with E-state index in [4.69, 9.17) is 5.73 Å². The van der Waals surface area contributed by atoms with Crippen molar-refractivity contribution in [2.45, 2.75) is 18.9 Å². The molecule has 0 aliphatic carbocycles. The Labute approximate surface area is 106 Å². The van der Waals surface area contributed by atoms with Gasteiger partial charge in [0.05, 0.1) is 0 Å². The van der Waals surface area contributed by atoms with Gasteiger partial charge in [-0.25, -0.2) is 9.97 Å². The van der Waals surface area contributed by atoms with Gasteiger partial charge in [0.1, 0.15) is 0 Å². The fraction of sp³-hybridized carbons (Fsp3) is 0.385. The van der Waals surface area contributed by atoms with Crippen LogP contribution in [0.3, 0.4) is 0 Å². The van der Waals surface area contributed by atoms with E-state index in [1.165, 1.54) is 0 Å². The van der Waals surface area contributed by atoms with Crippen LogP contribution in [0.1, 0.15) is 12.8 Å². The van der Waals surface area contributed by atoms with Gasteiger partial charge in [0.25, 0.3) is 0 Å². The highest BCUT2D eigenvalue weighted by Crippen LogP contribution is 2.18. The Morgan fingerprint density at radius 1 is 1.22 bits per heavy atom. The van der Waals surface area contributed by atoms with Crippen molar-refractivity contribution in [1.82, 2.24) is 15.0 Å². The lowest BCUT2D eigenvalue weighted by molar-refractivity contribution is 0.495. The van der Waals surface area contributed by atoms with Crippen LogP contribution in [0.25, 0.3) is 11.3 Å². The Hall–Kier alpha value is -1.88. The van der Waals surface area contributed by atoms with Crippen molar-refractivity contribution < 1.29 is 0 Å². The molecule has 0 saturated carbocycles. The third-order valence-corrected chi connectivity index (χ3v) is 3.37. The zero-order chi connectivity index (χ0) is 12.4. The molecule has 3 heterocycles. The largest absolute Gasteiger partial charge is 0.361 e. The first kappa shape index (κ1) is 11.2. The lowest BCUT2D eigenvalue weighted by atomic mass is 10.1. The van der Waals surface area contributed by atoms with E-state index < -0.39 is 0 Å². The second-order valence-electron chi connectivity index (χ2n) is 4.68. The Bertz CT molecular complexity index is 483. The number of nitrogens with zero attached hydrogens (tertiary/aromatic N) is 3. The fourth-order valence-electron chi connectivity index (χ4n) is 2.23.